The molecule has 27 heavy (non-hydrogen) atoms. The molecule has 11 heteroatoms. The van der Waals surface area contributed by atoms with Crippen LogP contribution in [-0.2, 0) is 0 Å². The largest absolute Gasteiger partial charge is 0.434 e. The number of carbonyl (C=O) groups excluding carboxylic acids is 2. The van der Waals surface area contributed by atoms with Crippen molar-refractivity contribution in [3.63, 3.8) is 0 Å². The van der Waals surface area contributed by atoms with E-state index in [9.17, 15) is 23.2 Å². The summed E-state index contributed by atoms with van der Waals surface area (Å²) in [5, 5.41) is 9.67. The summed E-state index contributed by atoms with van der Waals surface area (Å²) in [6.45, 7) is 0. The van der Waals surface area contributed by atoms with Crippen LogP contribution in [0.25, 0.3) is 11.5 Å². The van der Waals surface area contributed by atoms with Crippen molar-refractivity contribution in [2.75, 3.05) is 5.32 Å². The van der Waals surface area contributed by atoms with E-state index in [1.54, 1.807) is 12.1 Å². The first-order chi connectivity index (χ1) is 12.8. The number of H-pyrrole nitrogens is 1. The zero-order chi connectivity index (χ0) is 19.6. The Morgan fingerprint density at radius 1 is 1.15 bits per heavy atom. The maximum atomic E-state index is 13.3. The quantitative estimate of drug-likeness (QED) is 0.590. The normalized spacial score (nSPS) is 10.5. The second-order valence-electron chi connectivity index (χ2n) is 5.12. The molecule has 0 atom stereocenters. The molecule has 0 spiro atoms. The molecule has 0 aliphatic heterocycles. The second kappa shape index (κ2) is 7.38. The Morgan fingerprint density at radius 3 is 2.56 bits per heavy atom. The number of anilines is 1. The summed E-state index contributed by atoms with van der Waals surface area (Å²) in [5.74, 6) is -4.42. The SMILES string of the molecule is O=C(NC(=O)c1cc(F)c(F)cc1Cl)Nc1ccccc1-c1n[nH]c(=O)o1. The predicted octanol–water partition coefficient (Wildman–Crippen LogP) is 2.92. The van der Waals surface area contributed by atoms with Crippen LogP contribution >= 0.6 is 11.6 Å². The van der Waals surface area contributed by atoms with E-state index in [2.05, 4.69) is 15.5 Å². The van der Waals surface area contributed by atoms with Gasteiger partial charge in [-0.2, -0.15) is 0 Å². The number of imide groups is 1. The van der Waals surface area contributed by atoms with E-state index >= 15 is 0 Å². The van der Waals surface area contributed by atoms with Gasteiger partial charge in [0.05, 0.1) is 21.8 Å². The highest BCUT2D eigenvalue weighted by Crippen LogP contribution is 2.25. The molecule has 8 nitrogen and oxygen atoms in total. The number of nitrogens with one attached hydrogen (secondary N) is 3. The topological polar surface area (TPSA) is 117 Å². The number of benzene rings is 2. The van der Waals surface area contributed by atoms with Crippen molar-refractivity contribution >= 4 is 29.2 Å². The van der Waals surface area contributed by atoms with E-state index < -0.39 is 34.9 Å². The first-order valence-corrected chi connectivity index (χ1v) is 7.64. The summed E-state index contributed by atoms with van der Waals surface area (Å²) in [5.41, 5.74) is 0.0241. The lowest BCUT2D eigenvalue weighted by molar-refractivity contribution is 0.0966. The zero-order valence-electron chi connectivity index (χ0n) is 13.2. The van der Waals surface area contributed by atoms with Crippen molar-refractivity contribution in [1.29, 1.82) is 0 Å². The molecule has 1 heterocycles. The maximum Gasteiger partial charge on any atom is 0.434 e. The van der Waals surface area contributed by atoms with Crippen molar-refractivity contribution in [3.8, 4) is 11.5 Å². The van der Waals surface area contributed by atoms with Gasteiger partial charge in [0.15, 0.2) is 11.6 Å². The lowest BCUT2D eigenvalue weighted by Crippen LogP contribution is -2.34. The number of aromatic nitrogens is 2. The van der Waals surface area contributed by atoms with Gasteiger partial charge in [0, 0.05) is 0 Å². The van der Waals surface area contributed by atoms with Crippen molar-refractivity contribution in [3.05, 3.63) is 69.2 Å². The van der Waals surface area contributed by atoms with E-state index in [1.807, 2.05) is 5.32 Å². The molecule has 0 saturated carbocycles. The fraction of sp³-hybridized carbons (Fsp3) is 0. The first kappa shape index (κ1) is 18.3. The number of hydrogen-bond acceptors (Lipinski definition) is 5. The number of nitrogens with zero attached hydrogens (tertiary/aromatic N) is 1. The lowest BCUT2D eigenvalue weighted by Gasteiger charge is -2.10. The minimum absolute atomic E-state index is 0.0779. The summed E-state index contributed by atoms with van der Waals surface area (Å²) in [6.07, 6.45) is 0. The van der Waals surface area contributed by atoms with Crippen LogP contribution in [0, 0.1) is 11.6 Å². The molecule has 3 rings (SSSR count). The Bertz CT molecular complexity index is 1100. The van der Waals surface area contributed by atoms with E-state index in [-0.39, 0.29) is 22.2 Å². The van der Waals surface area contributed by atoms with Crippen molar-refractivity contribution in [2.24, 2.45) is 0 Å². The molecule has 0 aliphatic rings. The number of rotatable bonds is 3. The molecule has 2 aromatic carbocycles. The highest BCUT2D eigenvalue weighted by molar-refractivity contribution is 6.34. The molecule has 3 amide bonds. The molecule has 0 unspecified atom stereocenters. The van der Waals surface area contributed by atoms with E-state index in [1.165, 1.54) is 12.1 Å². The van der Waals surface area contributed by atoms with Crippen molar-refractivity contribution in [1.82, 2.24) is 15.5 Å². The molecule has 138 valence electrons. The zero-order valence-corrected chi connectivity index (χ0v) is 13.9. The molecule has 0 saturated heterocycles. The van der Waals surface area contributed by atoms with Crippen LogP contribution in [0.15, 0.2) is 45.6 Å². The summed E-state index contributed by atoms with van der Waals surface area (Å²) in [4.78, 5) is 35.2. The number of amides is 3. The van der Waals surface area contributed by atoms with E-state index in [0.29, 0.717) is 12.1 Å². The number of hydrogen-bond donors (Lipinski definition) is 3. The van der Waals surface area contributed by atoms with Crippen molar-refractivity contribution < 1.29 is 22.8 Å². The Morgan fingerprint density at radius 2 is 1.85 bits per heavy atom. The number of carbonyl (C=O) groups is 2. The van der Waals surface area contributed by atoms with Crippen LogP contribution in [0.3, 0.4) is 0 Å². The highest BCUT2D eigenvalue weighted by Gasteiger charge is 2.18. The fourth-order valence-corrected chi connectivity index (χ4v) is 2.38. The fourth-order valence-electron chi connectivity index (χ4n) is 2.14. The minimum atomic E-state index is -1.29. The van der Waals surface area contributed by atoms with Gasteiger partial charge >= 0.3 is 11.8 Å². The molecule has 1 aromatic heterocycles. The predicted molar refractivity (Wildman–Crippen MR) is 90.4 cm³/mol. The number of aromatic amines is 1. The highest BCUT2D eigenvalue weighted by atomic mass is 35.5. The average Bonchev–Trinajstić information content (AvgIpc) is 3.04. The third-order valence-electron chi connectivity index (χ3n) is 3.33. The Labute approximate surface area is 154 Å². The van der Waals surface area contributed by atoms with Gasteiger partial charge in [-0.25, -0.2) is 23.5 Å². The standard InChI is InChI=1S/C16H9ClF2N4O4/c17-9-6-11(19)10(18)5-8(9)13(24)21-15(25)20-12-4-2-1-3-7(12)14-22-23-16(26)27-14/h1-6H,(H,23,26)(H2,20,21,24,25). The van der Waals surface area contributed by atoms with Gasteiger partial charge in [-0.05, 0) is 24.3 Å². The van der Waals surface area contributed by atoms with Gasteiger partial charge in [0.1, 0.15) is 0 Å². The van der Waals surface area contributed by atoms with Crippen molar-refractivity contribution in [2.45, 2.75) is 0 Å². The van der Waals surface area contributed by atoms with Gasteiger partial charge in [0.25, 0.3) is 11.8 Å². The molecule has 0 bridgehead atoms. The second-order valence-corrected chi connectivity index (χ2v) is 5.53. The molecule has 3 aromatic rings. The van der Waals surface area contributed by atoms with Gasteiger partial charge in [0.2, 0.25) is 0 Å². The van der Waals surface area contributed by atoms with Gasteiger partial charge < -0.3 is 9.73 Å². The first-order valence-electron chi connectivity index (χ1n) is 7.27. The smallest absolute Gasteiger partial charge is 0.388 e. The minimum Gasteiger partial charge on any atom is -0.388 e. The van der Waals surface area contributed by atoms with E-state index in [0.717, 1.165) is 0 Å². The average molecular weight is 395 g/mol. The monoisotopic (exact) mass is 394 g/mol. The maximum absolute atomic E-state index is 13.3. The number of para-hydroxylation sites is 1. The third-order valence-corrected chi connectivity index (χ3v) is 3.64. The summed E-state index contributed by atoms with van der Waals surface area (Å²) in [7, 11) is 0. The van der Waals surface area contributed by atoms with Crippen LogP contribution in [0.4, 0.5) is 19.3 Å². The number of halogens is 3. The summed E-state index contributed by atoms with van der Waals surface area (Å²) >= 11 is 5.69. The summed E-state index contributed by atoms with van der Waals surface area (Å²) in [6, 6.07) is 6.40. The Hall–Kier alpha value is -3.53. The van der Waals surface area contributed by atoms with Crippen LogP contribution < -0.4 is 16.4 Å². The molecule has 0 fully saturated rings. The van der Waals surface area contributed by atoms with Crippen LogP contribution in [0.5, 0.6) is 0 Å². The molecule has 0 radical (unpaired) electrons. The lowest BCUT2D eigenvalue weighted by atomic mass is 10.2. The van der Waals surface area contributed by atoms with Crippen LogP contribution in [0.2, 0.25) is 5.02 Å². The van der Waals surface area contributed by atoms with E-state index in [4.69, 9.17) is 16.0 Å². The molecule has 0 aliphatic carbocycles. The Kier molecular flexibility index (Phi) is 4.99. The molecule has 3 N–H and O–H groups in total. The van der Waals surface area contributed by atoms with Gasteiger partial charge in [-0.15, -0.1) is 5.10 Å². The third kappa shape index (κ3) is 4.01. The van der Waals surface area contributed by atoms with Gasteiger partial charge in [-0.1, -0.05) is 23.7 Å². The van der Waals surface area contributed by atoms with Crippen LogP contribution in [-0.4, -0.2) is 22.1 Å². The molecular formula is C16H9ClF2N4O4. The van der Waals surface area contributed by atoms with Crippen LogP contribution in [0.1, 0.15) is 10.4 Å². The Balaban J connectivity index is 1.78. The number of urea groups is 1. The summed E-state index contributed by atoms with van der Waals surface area (Å²) < 4.78 is 31.2. The van der Waals surface area contributed by atoms with Gasteiger partial charge in [-0.3, -0.25) is 10.1 Å². The molecular weight excluding hydrogens is 386 g/mol.